The summed E-state index contributed by atoms with van der Waals surface area (Å²) in [6, 6.07) is 11.5. The van der Waals surface area contributed by atoms with Gasteiger partial charge in [0.1, 0.15) is 17.5 Å². The first-order chi connectivity index (χ1) is 16.8. The highest BCUT2D eigenvalue weighted by Crippen LogP contribution is 2.40. The number of anilines is 5. The second kappa shape index (κ2) is 9.13. The smallest absolute Gasteiger partial charge is 0.229 e. The molecule has 0 radical (unpaired) electrons. The van der Waals surface area contributed by atoms with Crippen LogP contribution in [0, 0.1) is 11.3 Å². The third-order valence-electron chi connectivity index (χ3n) is 5.91. The topological polar surface area (TPSA) is 131 Å². The number of nitrogens with zero attached hydrogens (tertiary/aromatic N) is 6. The molecular weight excluding hydrogens is 462 g/mol. The molecule has 2 aliphatic rings. The van der Waals surface area contributed by atoms with Gasteiger partial charge in [0.2, 0.25) is 5.95 Å². The van der Waals surface area contributed by atoms with Crippen LogP contribution >= 0.6 is 0 Å². The first-order valence-corrected chi connectivity index (χ1v) is 13.6. The van der Waals surface area contributed by atoms with E-state index >= 15 is 0 Å². The number of rotatable bonds is 5. The van der Waals surface area contributed by atoms with Crippen LogP contribution in [-0.2, 0) is 16.3 Å². The minimum atomic E-state index is -2.35. The van der Waals surface area contributed by atoms with E-state index in [1.165, 1.54) is 17.3 Å². The summed E-state index contributed by atoms with van der Waals surface area (Å²) in [4.78, 5) is 15.6. The van der Waals surface area contributed by atoms with Gasteiger partial charge < -0.3 is 20.9 Å². The minimum absolute atomic E-state index is 0.279. The highest BCUT2D eigenvalue weighted by molar-refractivity contribution is 7.92. The monoisotopic (exact) mass is 489 g/mol. The van der Waals surface area contributed by atoms with Gasteiger partial charge in [-0.2, -0.15) is 14.6 Å². The highest BCUT2D eigenvalue weighted by atomic mass is 32.2. The van der Waals surface area contributed by atoms with Crippen molar-refractivity contribution in [3.05, 3.63) is 53.2 Å². The largest absolute Gasteiger partial charge is 0.385 e. The first kappa shape index (κ1) is 23.0. The third kappa shape index (κ3) is 5.18. The summed E-state index contributed by atoms with van der Waals surface area (Å²) in [5.41, 5.74) is 5.05. The number of pyridine rings is 1. The molecule has 10 nitrogen and oxygen atoms in total. The second-order valence-corrected chi connectivity index (χ2v) is 11.7. The maximum Gasteiger partial charge on any atom is 0.229 e. The van der Waals surface area contributed by atoms with Gasteiger partial charge in [-0.3, -0.25) is 0 Å². The highest BCUT2D eigenvalue weighted by Gasteiger charge is 2.29. The Balaban J connectivity index is 1.44. The Labute approximate surface area is 205 Å². The quantitative estimate of drug-likeness (QED) is 0.488. The molecule has 0 bridgehead atoms. The molecule has 5 rings (SSSR count). The zero-order valence-electron chi connectivity index (χ0n) is 19.9. The van der Waals surface area contributed by atoms with E-state index in [0.29, 0.717) is 29.3 Å². The molecule has 3 N–H and O–H groups in total. The fraction of sp³-hybridized carbons (Fsp3) is 0.333. The molecule has 2 aromatic heterocycles. The van der Waals surface area contributed by atoms with Crippen LogP contribution in [0.1, 0.15) is 29.0 Å². The average Bonchev–Trinajstić information content (AvgIpc) is 2.78. The summed E-state index contributed by atoms with van der Waals surface area (Å²) in [5.74, 6) is 2.02. The molecule has 0 spiro atoms. The number of nitrogens with one attached hydrogen (secondary N) is 3. The zero-order valence-corrected chi connectivity index (χ0v) is 20.7. The fourth-order valence-corrected chi connectivity index (χ4v) is 5.17. The number of benzene rings is 1. The van der Waals surface area contributed by atoms with Gasteiger partial charge in [0, 0.05) is 59.2 Å². The van der Waals surface area contributed by atoms with Crippen molar-refractivity contribution in [2.24, 2.45) is 4.36 Å². The molecular formula is C24H27N9OS. The molecule has 0 aliphatic carbocycles. The Morgan fingerprint density at radius 3 is 2.91 bits per heavy atom. The maximum atomic E-state index is 12.0. The fourth-order valence-electron chi connectivity index (χ4n) is 4.62. The lowest BCUT2D eigenvalue weighted by atomic mass is 9.83. The van der Waals surface area contributed by atoms with Gasteiger partial charge in [-0.25, -0.2) is 14.2 Å². The van der Waals surface area contributed by atoms with Crippen molar-refractivity contribution >= 4 is 44.5 Å². The molecule has 1 aromatic carbocycles. The van der Waals surface area contributed by atoms with E-state index in [-0.39, 0.29) is 5.56 Å². The van der Waals surface area contributed by atoms with Gasteiger partial charge in [0.05, 0.1) is 6.20 Å². The van der Waals surface area contributed by atoms with Gasteiger partial charge in [-0.15, -0.1) is 0 Å². The summed E-state index contributed by atoms with van der Waals surface area (Å²) in [5, 5.41) is 19.5. The Morgan fingerprint density at radius 2 is 2.11 bits per heavy atom. The summed E-state index contributed by atoms with van der Waals surface area (Å²) in [7, 11) is -0.193. The van der Waals surface area contributed by atoms with E-state index in [2.05, 4.69) is 65.4 Å². The molecule has 1 unspecified atom stereocenters. The summed E-state index contributed by atoms with van der Waals surface area (Å²) in [6.07, 6.45) is 5.71. The van der Waals surface area contributed by atoms with Crippen LogP contribution in [0.4, 0.5) is 34.8 Å². The van der Waals surface area contributed by atoms with Crippen molar-refractivity contribution in [1.29, 1.82) is 5.26 Å². The van der Waals surface area contributed by atoms with Crippen LogP contribution in [0.3, 0.4) is 0 Å². The standard InChI is InChI=1S/C24H27N9OS/c1-33-13-15-7-8-26-19-10-18(9-16(14-33)22(15)19)28-24-27-12-17(11-25)23(31-24)30-20-5-4-6-21(29-20)32-35(2,3)34/h4-6,9-10,12,15,26H,7-8,13-14H2,1-3H3,(H2,27,28,29,30,31). The molecule has 4 heterocycles. The van der Waals surface area contributed by atoms with Crippen molar-refractivity contribution in [3.8, 4) is 6.07 Å². The molecule has 180 valence electrons. The lowest BCUT2D eigenvalue weighted by molar-refractivity contribution is 0.274. The SMILES string of the molecule is CN1Cc2cc(Nc3ncc(C#N)c(Nc4cccc(N=S(C)(C)=O)n4)n3)cc3c2C(CCN3)C1. The van der Waals surface area contributed by atoms with Gasteiger partial charge >= 0.3 is 0 Å². The third-order valence-corrected chi connectivity index (χ3v) is 6.54. The predicted octanol–water partition coefficient (Wildman–Crippen LogP) is 3.93. The van der Waals surface area contributed by atoms with E-state index in [1.54, 1.807) is 30.7 Å². The van der Waals surface area contributed by atoms with Gasteiger partial charge in [-0.1, -0.05) is 6.07 Å². The molecule has 1 atom stereocenters. The van der Waals surface area contributed by atoms with Crippen molar-refractivity contribution < 1.29 is 4.21 Å². The molecule has 11 heteroatoms. The van der Waals surface area contributed by atoms with E-state index in [9.17, 15) is 9.47 Å². The van der Waals surface area contributed by atoms with E-state index in [1.807, 2.05) is 0 Å². The molecule has 3 aromatic rings. The second-order valence-electron chi connectivity index (χ2n) is 9.18. The molecule has 35 heavy (non-hydrogen) atoms. The molecule has 0 amide bonds. The summed E-state index contributed by atoms with van der Waals surface area (Å²) < 4.78 is 16.1. The first-order valence-electron chi connectivity index (χ1n) is 11.3. The normalized spacial score (nSPS) is 17.0. The van der Waals surface area contributed by atoms with Crippen LogP contribution in [0.5, 0.6) is 0 Å². The van der Waals surface area contributed by atoms with E-state index in [0.717, 1.165) is 37.4 Å². The lowest BCUT2D eigenvalue weighted by Gasteiger charge is -2.37. The van der Waals surface area contributed by atoms with Crippen LogP contribution in [0.15, 0.2) is 40.9 Å². The van der Waals surface area contributed by atoms with Crippen LogP contribution in [0.25, 0.3) is 0 Å². The van der Waals surface area contributed by atoms with E-state index < -0.39 is 9.73 Å². The Bertz CT molecular complexity index is 1450. The molecule has 0 saturated heterocycles. The Hall–Kier alpha value is -3.75. The van der Waals surface area contributed by atoms with Crippen molar-refractivity contribution in [3.63, 3.8) is 0 Å². The average molecular weight is 490 g/mol. The predicted molar refractivity (Wildman–Crippen MR) is 138 cm³/mol. The zero-order chi connectivity index (χ0) is 24.6. The lowest BCUT2D eigenvalue weighted by Crippen LogP contribution is -2.34. The van der Waals surface area contributed by atoms with Crippen molar-refractivity contribution in [2.75, 3.05) is 48.6 Å². The number of hydrogen-bond donors (Lipinski definition) is 3. The minimum Gasteiger partial charge on any atom is -0.385 e. The van der Waals surface area contributed by atoms with Crippen LogP contribution in [0.2, 0.25) is 0 Å². The van der Waals surface area contributed by atoms with Crippen molar-refractivity contribution in [2.45, 2.75) is 18.9 Å². The van der Waals surface area contributed by atoms with E-state index in [4.69, 9.17) is 0 Å². The van der Waals surface area contributed by atoms with Crippen molar-refractivity contribution in [1.82, 2.24) is 19.9 Å². The molecule has 0 saturated carbocycles. The van der Waals surface area contributed by atoms with Crippen LogP contribution in [-0.4, -0.2) is 56.7 Å². The Morgan fingerprint density at radius 1 is 1.26 bits per heavy atom. The molecule has 0 fully saturated rings. The van der Waals surface area contributed by atoms with Gasteiger partial charge in [-0.05, 0) is 48.9 Å². The molecule has 2 aliphatic heterocycles. The van der Waals surface area contributed by atoms with Gasteiger partial charge in [0.25, 0.3) is 0 Å². The summed E-state index contributed by atoms with van der Waals surface area (Å²) >= 11 is 0. The van der Waals surface area contributed by atoms with Crippen LogP contribution < -0.4 is 16.0 Å². The number of hydrogen-bond acceptors (Lipinski definition) is 10. The maximum absolute atomic E-state index is 12.0. The number of aromatic nitrogens is 3. The Kier molecular flexibility index (Phi) is 6.00. The number of nitriles is 1. The van der Waals surface area contributed by atoms with Gasteiger partial charge in [0.15, 0.2) is 11.6 Å². The number of likely N-dealkylation sites (N-methyl/N-ethyl adjacent to an activating group) is 1. The summed E-state index contributed by atoms with van der Waals surface area (Å²) in [6.45, 7) is 2.93.